The number of hydrogen-bond acceptors (Lipinski definition) is 5. The van der Waals surface area contributed by atoms with E-state index in [1.54, 1.807) is 0 Å². The van der Waals surface area contributed by atoms with Crippen LogP contribution in [0.2, 0.25) is 0 Å². The highest BCUT2D eigenvalue weighted by atomic mass is 32.2. The fourth-order valence-corrected chi connectivity index (χ4v) is 2.76. The van der Waals surface area contributed by atoms with Gasteiger partial charge in [0.2, 0.25) is 0 Å². The molecule has 0 amide bonds. The van der Waals surface area contributed by atoms with Crippen LogP contribution in [-0.4, -0.2) is 34.3 Å². The van der Waals surface area contributed by atoms with E-state index in [0.717, 1.165) is 12.8 Å². The van der Waals surface area contributed by atoms with E-state index in [1.165, 1.54) is 6.08 Å². The third kappa shape index (κ3) is 7.93. The first kappa shape index (κ1) is 16.1. The van der Waals surface area contributed by atoms with Crippen molar-refractivity contribution in [1.29, 1.82) is 4.78 Å². The lowest BCUT2D eigenvalue weighted by Crippen LogP contribution is -2.34. The van der Waals surface area contributed by atoms with Crippen molar-refractivity contribution in [2.45, 2.75) is 32.2 Å². The Bertz CT molecular complexity index is 339. The number of ether oxygens (including phenoxy) is 1. The number of carbonyl (C=O) groups is 1. The van der Waals surface area contributed by atoms with Gasteiger partial charge in [-0.25, -0.2) is 4.21 Å². The van der Waals surface area contributed by atoms with Gasteiger partial charge < -0.3 is 10.5 Å². The van der Waals surface area contributed by atoms with Crippen LogP contribution in [0, 0.1) is 4.78 Å². The predicted molar refractivity (Wildman–Crippen MR) is 69.3 cm³/mol. The van der Waals surface area contributed by atoms with Crippen molar-refractivity contribution in [3.05, 3.63) is 12.7 Å². The number of rotatable bonds is 9. The van der Waals surface area contributed by atoms with Crippen LogP contribution in [0.1, 0.15) is 26.2 Å². The van der Waals surface area contributed by atoms with Gasteiger partial charge in [-0.2, -0.15) is 0 Å². The molecule has 2 atom stereocenters. The van der Waals surface area contributed by atoms with E-state index in [1.807, 2.05) is 6.92 Å². The number of nitrogens with two attached hydrogens (primary N) is 1. The van der Waals surface area contributed by atoms with Crippen LogP contribution in [0.4, 0.5) is 0 Å². The first-order valence-corrected chi connectivity index (χ1v) is 7.60. The van der Waals surface area contributed by atoms with E-state index >= 15 is 0 Å². The van der Waals surface area contributed by atoms with Crippen LogP contribution in [-0.2, 0) is 19.3 Å². The maximum Gasteiger partial charge on any atom is 0.323 e. The molecule has 6 heteroatoms. The monoisotopic (exact) mass is 262 g/mol. The Labute approximate surface area is 103 Å². The van der Waals surface area contributed by atoms with E-state index in [-0.39, 0.29) is 18.8 Å². The zero-order valence-corrected chi connectivity index (χ0v) is 11.1. The van der Waals surface area contributed by atoms with Crippen LogP contribution in [0.25, 0.3) is 0 Å². The molecule has 0 saturated heterocycles. The second-order valence-electron chi connectivity index (χ2n) is 3.89. The second-order valence-corrected chi connectivity index (χ2v) is 6.33. The molecule has 0 bridgehead atoms. The van der Waals surface area contributed by atoms with E-state index in [9.17, 15) is 9.00 Å². The zero-order valence-electron chi connectivity index (χ0n) is 10.3. The van der Waals surface area contributed by atoms with Gasteiger partial charge in [-0.3, -0.25) is 9.57 Å². The fraction of sp³-hybridized carbons (Fsp3) is 0.727. The highest BCUT2D eigenvalue weighted by Crippen LogP contribution is 2.03. The van der Waals surface area contributed by atoms with Gasteiger partial charge in [-0.05, 0) is 12.8 Å². The lowest BCUT2D eigenvalue weighted by Gasteiger charge is -2.12. The number of carbonyl (C=O) groups excluding carboxylic acids is 1. The van der Waals surface area contributed by atoms with Gasteiger partial charge in [0, 0.05) is 21.2 Å². The van der Waals surface area contributed by atoms with Crippen LogP contribution in [0.5, 0.6) is 0 Å². The number of unbranched alkanes of at least 4 members (excludes halogenated alkanes) is 1. The summed E-state index contributed by atoms with van der Waals surface area (Å²) in [7, 11) is -2.60. The van der Waals surface area contributed by atoms with Gasteiger partial charge >= 0.3 is 5.97 Å². The maximum absolute atomic E-state index is 11.7. The molecule has 0 aromatic carbocycles. The number of nitrogens with one attached hydrogen (secondary N) is 1. The highest BCUT2D eigenvalue weighted by Gasteiger charge is 2.17. The molecule has 0 aliphatic carbocycles. The van der Waals surface area contributed by atoms with Crippen molar-refractivity contribution >= 4 is 15.7 Å². The summed E-state index contributed by atoms with van der Waals surface area (Å²) in [6.07, 6.45) is 3.35. The van der Waals surface area contributed by atoms with Crippen LogP contribution < -0.4 is 5.73 Å². The summed E-state index contributed by atoms with van der Waals surface area (Å²) in [4.78, 5) is 11.3. The average molecular weight is 262 g/mol. The molecule has 17 heavy (non-hydrogen) atoms. The molecule has 0 heterocycles. The molecular weight excluding hydrogens is 240 g/mol. The summed E-state index contributed by atoms with van der Waals surface area (Å²) >= 11 is 0. The minimum Gasteiger partial charge on any atom is -0.460 e. The standard InChI is InChI=1S/C11H22N2O3S/c1-3-5-8-17(13,15)9-6-10(12)11(14)16-7-4-2/h4,10,13H,2-3,5-9,12H2,1H3/t10-,17?/m0/s1. The molecule has 0 aliphatic rings. The smallest absolute Gasteiger partial charge is 0.323 e. The number of hydrogen-bond donors (Lipinski definition) is 2. The van der Waals surface area contributed by atoms with Crippen molar-refractivity contribution in [1.82, 2.24) is 0 Å². The molecule has 0 aliphatic heterocycles. The zero-order chi connectivity index (χ0) is 13.3. The molecule has 0 rings (SSSR count). The van der Waals surface area contributed by atoms with Crippen molar-refractivity contribution < 1.29 is 13.7 Å². The normalized spacial score (nSPS) is 15.9. The molecule has 1 unspecified atom stereocenters. The minimum atomic E-state index is -2.60. The minimum absolute atomic E-state index is 0.124. The van der Waals surface area contributed by atoms with Gasteiger partial charge in [0.05, 0.1) is 0 Å². The predicted octanol–water partition coefficient (Wildman–Crippen LogP) is 1.28. The molecular formula is C11H22N2O3S. The van der Waals surface area contributed by atoms with Gasteiger partial charge in [-0.1, -0.05) is 26.0 Å². The van der Waals surface area contributed by atoms with Gasteiger partial charge in [0.15, 0.2) is 0 Å². The van der Waals surface area contributed by atoms with E-state index in [4.69, 9.17) is 15.3 Å². The second kappa shape index (κ2) is 8.25. The quantitative estimate of drug-likeness (QED) is 0.483. The molecule has 0 spiro atoms. The molecule has 0 radical (unpaired) electrons. The summed E-state index contributed by atoms with van der Waals surface area (Å²) in [5, 5.41) is 0. The van der Waals surface area contributed by atoms with Crippen molar-refractivity contribution in [3.8, 4) is 0 Å². The van der Waals surface area contributed by atoms with Crippen LogP contribution >= 0.6 is 0 Å². The Morgan fingerprint density at radius 1 is 1.59 bits per heavy atom. The lowest BCUT2D eigenvalue weighted by atomic mass is 10.2. The summed E-state index contributed by atoms with van der Waals surface area (Å²) in [5.74, 6) is -0.00876. The molecule has 0 aromatic heterocycles. The Morgan fingerprint density at radius 3 is 2.76 bits per heavy atom. The lowest BCUT2D eigenvalue weighted by molar-refractivity contribution is -0.143. The summed E-state index contributed by atoms with van der Waals surface area (Å²) in [6.45, 7) is 5.52. The molecule has 0 saturated carbocycles. The molecule has 0 fully saturated rings. The topological polar surface area (TPSA) is 93.2 Å². The van der Waals surface area contributed by atoms with E-state index in [2.05, 4.69) is 6.58 Å². The van der Waals surface area contributed by atoms with Gasteiger partial charge in [-0.15, -0.1) is 0 Å². The van der Waals surface area contributed by atoms with Gasteiger partial charge in [0.1, 0.15) is 12.6 Å². The summed E-state index contributed by atoms with van der Waals surface area (Å²) < 4.78 is 24.1. The van der Waals surface area contributed by atoms with Crippen molar-refractivity contribution in [3.63, 3.8) is 0 Å². The maximum atomic E-state index is 11.7. The van der Waals surface area contributed by atoms with E-state index < -0.39 is 21.7 Å². The highest BCUT2D eigenvalue weighted by molar-refractivity contribution is 7.92. The molecule has 5 nitrogen and oxygen atoms in total. The first-order valence-electron chi connectivity index (χ1n) is 5.70. The Morgan fingerprint density at radius 2 is 2.24 bits per heavy atom. The summed E-state index contributed by atoms with van der Waals surface area (Å²) in [6, 6.07) is -0.803. The van der Waals surface area contributed by atoms with E-state index in [0.29, 0.717) is 5.75 Å². The van der Waals surface area contributed by atoms with Gasteiger partial charge in [0.25, 0.3) is 0 Å². The SMILES string of the molecule is C=CCOC(=O)[C@@H](N)CCS(=N)(=O)CCCC. The average Bonchev–Trinajstić information content (AvgIpc) is 2.30. The molecule has 100 valence electrons. The molecule has 0 aromatic rings. The van der Waals surface area contributed by atoms with Crippen LogP contribution in [0.3, 0.4) is 0 Å². The Balaban J connectivity index is 4.01. The van der Waals surface area contributed by atoms with Crippen molar-refractivity contribution in [2.24, 2.45) is 5.73 Å². The molecule has 3 N–H and O–H groups in total. The Hall–Kier alpha value is -0.880. The summed E-state index contributed by atoms with van der Waals surface area (Å²) in [5.41, 5.74) is 5.58. The third-order valence-electron chi connectivity index (χ3n) is 2.23. The number of esters is 1. The van der Waals surface area contributed by atoms with Crippen LogP contribution in [0.15, 0.2) is 12.7 Å². The third-order valence-corrected chi connectivity index (χ3v) is 4.08. The van der Waals surface area contributed by atoms with Crippen molar-refractivity contribution in [2.75, 3.05) is 18.1 Å². The fourth-order valence-electron chi connectivity index (χ4n) is 1.16. The first-order chi connectivity index (χ1) is 7.93. The largest absolute Gasteiger partial charge is 0.460 e. The Kier molecular flexibility index (Phi) is 7.82.